The molecule has 0 aliphatic carbocycles. The first-order valence-corrected chi connectivity index (χ1v) is 7.50. The summed E-state index contributed by atoms with van der Waals surface area (Å²) in [6.45, 7) is 6.36. The average Bonchev–Trinajstić information content (AvgIpc) is 2.41. The van der Waals surface area contributed by atoms with E-state index in [-0.39, 0.29) is 5.75 Å². The topological polar surface area (TPSA) is 37.4 Å². The van der Waals surface area contributed by atoms with Gasteiger partial charge in [-0.25, -0.2) is 0 Å². The maximum absolute atomic E-state index is 12.4. The van der Waals surface area contributed by atoms with Gasteiger partial charge in [0.25, 0.3) is 0 Å². The van der Waals surface area contributed by atoms with Crippen LogP contribution in [0.5, 0.6) is 5.75 Å². The lowest BCUT2D eigenvalue weighted by atomic mass is 10.0. The molecule has 0 amide bonds. The van der Waals surface area contributed by atoms with Crippen molar-refractivity contribution in [1.29, 1.82) is 0 Å². The van der Waals surface area contributed by atoms with Gasteiger partial charge >= 0.3 is 6.36 Å². The molecule has 1 aliphatic heterocycles. The van der Waals surface area contributed by atoms with Crippen LogP contribution in [0.2, 0.25) is 0 Å². The van der Waals surface area contributed by atoms with Crippen molar-refractivity contribution in [3.63, 3.8) is 0 Å². The quantitative estimate of drug-likeness (QED) is 0.906. The molecule has 7 heteroatoms. The van der Waals surface area contributed by atoms with Crippen LogP contribution in [0.3, 0.4) is 0 Å². The number of piperidine rings is 1. The first kappa shape index (κ1) is 17.0. The molecule has 0 radical (unpaired) electrons. The second-order valence-electron chi connectivity index (χ2n) is 5.90. The Hall–Kier alpha value is -1.34. The molecule has 1 saturated heterocycles. The van der Waals surface area contributed by atoms with Crippen LogP contribution in [-0.2, 0) is 6.54 Å². The predicted octanol–water partition coefficient (Wildman–Crippen LogP) is 2.94. The molecule has 0 spiro atoms. The maximum atomic E-state index is 12.4. The Bertz CT molecular complexity index is 471. The molecule has 124 valence electrons. The second-order valence-corrected chi connectivity index (χ2v) is 5.90. The number of hydrogen-bond acceptors (Lipinski definition) is 4. The highest BCUT2D eigenvalue weighted by Gasteiger charge is 2.32. The lowest BCUT2D eigenvalue weighted by Gasteiger charge is -2.33. The minimum absolute atomic E-state index is 0.162. The summed E-state index contributed by atoms with van der Waals surface area (Å²) >= 11 is 0. The highest BCUT2D eigenvalue weighted by atomic mass is 19.4. The highest BCUT2D eigenvalue weighted by Crippen LogP contribution is 2.27. The number of nitrogens with zero attached hydrogens (tertiary/aromatic N) is 2. The third-order valence-corrected chi connectivity index (χ3v) is 3.64. The zero-order chi connectivity index (χ0) is 16.2. The number of ether oxygens (including phenoxy) is 1. The van der Waals surface area contributed by atoms with Crippen molar-refractivity contribution in [1.82, 2.24) is 15.2 Å². The van der Waals surface area contributed by atoms with E-state index in [2.05, 4.69) is 33.8 Å². The Morgan fingerprint density at radius 3 is 2.64 bits per heavy atom. The number of hydrogen-bond donors (Lipinski definition) is 1. The second kappa shape index (κ2) is 7.28. The van der Waals surface area contributed by atoms with Crippen molar-refractivity contribution in [2.24, 2.45) is 0 Å². The van der Waals surface area contributed by atoms with E-state index in [4.69, 9.17) is 0 Å². The van der Waals surface area contributed by atoms with Gasteiger partial charge in [0.2, 0.25) is 0 Å². The normalized spacial score (nSPS) is 17.9. The van der Waals surface area contributed by atoms with Crippen molar-refractivity contribution in [2.45, 2.75) is 51.7 Å². The van der Waals surface area contributed by atoms with Crippen molar-refractivity contribution < 1.29 is 17.9 Å². The molecular weight excluding hydrogens is 295 g/mol. The molecule has 1 N–H and O–H groups in total. The fraction of sp³-hybridized carbons (Fsp3) is 0.667. The Balaban J connectivity index is 1.92. The summed E-state index contributed by atoms with van der Waals surface area (Å²) in [6, 6.07) is 2.19. The molecule has 1 fully saturated rings. The zero-order valence-corrected chi connectivity index (χ0v) is 12.9. The van der Waals surface area contributed by atoms with Crippen LogP contribution in [0.4, 0.5) is 13.2 Å². The maximum Gasteiger partial charge on any atom is 0.573 e. The molecule has 0 aromatic carbocycles. The molecule has 1 aromatic heterocycles. The van der Waals surface area contributed by atoms with E-state index in [0.717, 1.165) is 25.9 Å². The van der Waals surface area contributed by atoms with Crippen molar-refractivity contribution >= 4 is 0 Å². The van der Waals surface area contributed by atoms with E-state index >= 15 is 0 Å². The van der Waals surface area contributed by atoms with Gasteiger partial charge in [-0.05, 0) is 32.0 Å². The summed E-state index contributed by atoms with van der Waals surface area (Å²) in [5.41, 5.74) is 0.468. The summed E-state index contributed by atoms with van der Waals surface area (Å²) in [4.78, 5) is 6.05. The van der Waals surface area contributed by atoms with Crippen molar-refractivity contribution in [2.75, 3.05) is 13.1 Å². The van der Waals surface area contributed by atoms with Gasteiger partial charge in [-0.15, -0.1) is 13.2 Å². The van der Waals surface area contributed by atoms with Gasteiger partial charge in [0.1, 0.15) is 5.75 Å². The zero-order valence-electron chi connectivity index (χ0n) is 12.9. The highest BCUT2D eigenvalue weighted by molar-refractivity contribution is 5.30. The Kier molecular flexibility index (Phi) is 5.63. The summed E-state index contributed by atoms with van der Waals surface area (Å²) in [7, 11) is 0. The largest absolute Gasteiger partial charge is 0.573 e. The molecule has 4 nitrogen and oxygen atoms in total. The minimum Gasteiger partial charge on any atom is -0.405 e. The van der Waals surface area contributed by atoms with Crippen LogP contribution in [0, 0.1) is 0 Å². The van der Waals surface area contributed by atoms with Gasteiger partial charge in [0.15, 0.2) is 0 Å². The van der Waals surface area contributed by atoms with Gasteiger partial charge < -0.3 is 10.1 Å². The molecule has 0 saturated carbocycles. The Labute approximate surface area is 128 Å². The van der Waals surface area contributed by atoms with Gasteiger partial charge in [0, 0.05) is 36.6 Å². The van der Waals surface area contributed by atoms with Gasteiger partial charge in [-0.3, -0.25) is 9.88 Å². The first-order chi connectivity index (χ1) is 10.3. The number of pyridine rings is 1. The summed E-state index contributed by atoms with van der Waals surface area (Å²) in [5, 5.41) is 3.50. The van der Waals surface area contributed by atoms with Gasteiger partial charge in [-0.2, -0.15) is 0 Å². The van der Waals surface area contributed by atoms with Crippen molar-refractivity contribution in [3.05, 3.63) is 24.0 Å². The van der Waals surface area contributed by atoms with E-state index < -0.39 is 6.36 Å². The van der Waals surface area contributed by atoms with E-state index in [1.54, 1.807) is 0 Å². The molecule has 2 rings (SSSR count). The lowest BCUT2D eigenvalue weighted by Crippen LogP contribution is -2.44. The van der Waals surface area contributed by atoms with E-state index in [1.165, 1.54) is 18.5 Å². The third kappa shape index (κ3) is 5.46. The SMILES string of the molecule is CC(C)NC1CCN(Cc2cnccc2OC(F)(F)F)CC1. The minimum atomic E-state index is -4.68. The number of alkyl halides is 3. The first-order valence-electron chi connectivity index (χ1n) is 7.50. The fourth-order valence-corrected chi connectivity index (χ4v) is 2.73. The smallest absolute Gasteiger partial charge is 0.405 e. The number of nitrogens with one attached hydrogen (secondary N) is 1. The third-order valence-electron chi connectivity index (χ3n) is 3.64. The summed E-state index contributed by atoms with van der Waals surface area (Å²) in [5.74, 6) is -0.162. The van der Waals surface area contributed by atoms with E-state index in [0.29, 0.717) is 24.2 Å². The van der Waals surface area contributed by atoms with Crippen LogP contribution >= 0.6 is 0 Å². The molecule has 22 heavy (non-hydrogen) atoms. The van der Waals surface area contributed by atoms with Crippen LogP contribution in [-0.4, -0.2) is 41.4 Å². The molecule has 0 atom stereocenters. The molecule has 0 bridgehead atoms. The van der Waals surface area contributed by atoms with Crippen molar-refractivity contribution in [3.8, 4) is 5.75 Å². The molecule has 2 heterocycles. The van der Waals surface area contributed by atoms with Crippen LogP contribution < -0.4 is 10.1 Å². The van der Waals surface area contributed by atoms with E-state index in [9.17, 15) is 13.2 Å². The monoisotopic (exact) mass is 317 g/mol. The van der Waals surface area contributed by atoms with Gasteiger partial charge in [0.05, 0.1) is 0 Å². The van der Waals surface area contributed by atoms with Crippen LogP contribution in [0.15, 0.2) is 18.5 Å². The Morgan fingerprint density at radius 2 is 2.05 bits per heavy atom. The number of halogens is 3. The number of rotatable bonds is 5. The number of likely N-dealkylation sites (tertiary alicyclic amines) is 1. The molecule has 1 aliphatic rings. The van der Waals surface area contributed by atoms with Crippen LogP contribution in [0.25, 0.3) is 0 Å². The fourth-order valence-electron chi connectivity index (χ4n) is 2.73. The standard InChI is InChI=1S/C15H22F3N3O/c1-11(2)20-13-4-7-21(8-5-13)10-12-9-19-6-3-14(12)22-15(16,17)18/h3,6,9,11,13,20H,4-5,7-8,10H2,1-2H3. The summed E-state index contributed by atoms with van der Waals surface area (Å²) in [6.07, 6.45) is 0.0645. The lowest BCUT2D eigenvalue weighted by molar-refractivity contribution is -0.275. The van der Waals surface area contributed by atoms with Gasteiger partial charge in [-0.1, -0.05) is 13.8 Å². The number of aromatic nitrogens is 1. The average molecular weight is 317 g/mol. The van der Waals surface area contributed by atoms with Crippen LogP contribution in [0.1, 0.15) is 32.3 Å². The molecular formula is C15H22F3N3O. The summed E-state index contributed by atoms with van der Waals surface area (Å²) < 4.78 is 41.3. The molecule has 0 unspecified atom stereocenters. The predicted molar refractivity (Wildman–Crippen MR) is 77.5 cm³/mol. The Morgan fingerprint density at radius 1 is 1.36 bits per heavy atom. The molecule has 1 aromatic rings. The van der Waals surface area contributed by atoms with E-state index in [1.807, 2.05) is 0 Å².